The highest BCUT2D eigenvalue weighted by Crippen LogP contribution is 2.28. The lowest BCUT2D eigenvalue weighted by molar-refractivity contribution is 0.379. The Morgan fingerprint density at radius 2 is 2.11 bits per heavy atom. The zero-order valence-corrected chi connectivity index (χ0v) is 12.0. The van der Waals surface area contributed by atoms with Crippen molar-refractivity contribution in [1.82, 2.24) is 0 Å². The quantitative estimate of drug-likeness (QED) is 0.890. The van der Waals surface area contributed by atoms with Crippen LogP contribution in [-0.4, -0.2) is 19.6 Å². The monoisotopic (exact) mass is 265 g/mol. The van der Waals surface area contributed by atoms with Crippen LogP contribution in [0, 0.1) is 16.7 Å². The number of benzene rings is 1. The molecule has 0 bridgehead atoms. The molecule has 1 aromatic carbocycles. The molecule has 0 aliphatic rings. The van der Waals surface area contributed by atoms with Crippen molar-refractivity contribution < 1.29 is 0 Å². The first kappa shape index (κ1) is 14.8. The average Bonchev–Trinajstić information content (AvgIpc) is 2.35. The SMILES string of the molecule is CCN(CC(C)(C)CN)c1cccc(Cl)c1C#N. The molecule has 18 heavy (non-hydrogen) atoms. The van der Waals surface area contributed by atoms with Gasteiger partial charge in [-0.05, 0) is 31.0 Å². The lowest BCUT2D eigenvalue weighted by Crippen LogP contribution is -2.39. The Balaban J connectivity index is 3.11. The summed E-state index contributed by atoms with van der Waals surface area (Å²) in [6.45, 7) is 8.52. The highest BCUT2D eigenvalue weighted by atomic mass is 35.5. The molecular weight excluding hydrogens is 246 g/mol. The zero-order valence-electron chi connectivity index (χ0n) is 11.2. The van der Waals surface area contributed by atoms with Gasteiger partial charge >= 0.3 is 0 Å². The van der Waals surface area contributed by atoms with Crippen molar-refractivity contribution in [2.45, 2.75) is 20.8 Å². The van der Waals surface area contributed by atoms with E-state index in [1.807, 2.05) is 12.1 Å². The number of hydrogen-bond acceptors (Lipinski definition) is 3. The molecule has 0 aromatic heterocycles. The van der Waals surface area contributed by atoms with Gasteiger partial charge in [0.25, 0.3) is 0 Å². The topological polar surface area (TPSA) is 53.0 Å². The Morgan fingerprint density at radius 1 is 1.44 bits per heavy atom. The van der Waals surface area contributed by atoms with E-state index in [1.54, 1.807) is 6.07 Å². The Morgan fingerprint density at radius 3 is 2.61 bits per heavy atom. The van der Waals surface area contributed by atoms with E-state index in [1.165, 1.54) is 0 Å². The van der Waals surface area contributed by atoms with Gasteiger partial charge in [0.05, 0.1) is 16.3 Å². The molecule has 2 N–H and O–H groups in total. The third kappa shape index (κ3) is 3.38. The number of nitrogens with zero attached hydrogens (tertiary/aromatic N) is 2. The predicted octanol–water partition coefficient (Wildman–Crippen LogP) is 3.02. The van der Waals surface area contributed by atoms with Gasteiger partial charge < -0.3 is 10.6 Å². The summed E-state index contributed by atoms with van der Waals surface area (Å²) in [5.74, 6) is 0. The Bertz CT molecular complexity index is 449. The van der Waals surface area contributed by atoms with Gasteiger partial charge in [0.15, 0.2) is 0 Å². The van der Waals surface area contributed by atoms with Crippen molar-refractivity contribution in [2.24, 2.45) is 11.1 Å². The Kier molecular flexibility index (Phi) is 5.01. The van der Waals surface area contributed by atoms with E-state index in [9.17, 15) is 5.26 Å². The maximum Gasteiger partial charge on any atom is 0.103 e. The van der Waals surface area contributed by atoms with Crippen LogP contribution in [0.3, 0.4) is 0 Å². The summed E-state index contributed by atoms with van der Waals surface area (Å²) in [5, 5.41) is 9.71. The molecule has 0 aliphatic carbocycles. The van der Waals surface area contributed by atoms with E-state index >= 15 is 0 Å². The lowest BCUT2D eigenvalue weighted by Gasteiger charge is -2.33. The van der Waals surface area contributed by atoms with Crippen LogP contribution in [0.15, 0.2) is 18.2 Å². The Labute approximate surface area is 114 Å². The fourth-order valence-corrected chi connectivity index (χ4v) is 2.05. The zero-order chi connectivity index (χ0) is 13.8. The van der Waals surface area contributed by atoms with Crippen molar-refractivity contribution in [2.75, 3.05) is 24.5 Å². The van der Waals surface area contributed by atoms with Crippen molar-refractivity contribution in [3.05, 3.63) is 28.8 Å². The highest BCUT2D eigenvalue weighted by Gasteiger charge is 2.21. The molecular formula is C14H20ClN3. The third-order valence-corrected chi connectivity index (χ3v) is 3.31. The lowest BCUT2D eigenvalue weighted by atomic mass is 9.92. The van der Waals surface area contributed by atoms with Crippen LogP contribution in [0.5, 0.6) is 0 Å². The maximum atomic E-state index is 9.21. The predicted molar refractivity (Wildman–Crippen MR) is 76.9 cm³/mol. The summed E-state index contributed by atoms with van der Waals surface area (Å²) in [6.07, 6.45) is 0. The number of anilines is 1. The second kappa shape index (κ2) is 6.08. The summed E-state index contributed by atoms with van der Waals surface area (Å²) in [7, 11) is 0. The molecule has 0 amide bonds. The van der Waals surface area contributed by atoms with E-state index in [2.05, 4.69) is 31.7 Å². The molecule has 0 saturated carbocycles. The average molecular weight is 266 g/mol. The van der Waals surface area contributed by atoms with Crippen LogP contribution in [-0.2, 0) is 0 Å². The first-order chi connectivity index (χ1) is 8.45. The minimum atomic E-state index is 0.00501. The third-order valence-electron chi connectivity index (χ3n) is 3.00. The van der Waals surface area contributed by atoms with Gasteiger partial charge in [-0.15, -0.1) is 0 Å². The van der Waals surface area contributed by atoms with Crippen LogP contribution in [0.25, 0.3) is 0 Å². The number of nitriles is 1. The van der Waals surface area contributed by atoms with Gasteiger partial charge in [0.2, 0.25) is 0 Å². The van der Waals surface area contributed by atoms with Crippen molar-refractivity contribution in [3.8, 4) is 6.07 Å². The van der Waals surface area contributed by atoms with Crippen molar-refractivity contribution in [3.63, 3.8) is 0 Å². The molecule has 0 unspecified atom stereocenters. The molecule has 1 aromatic rings. The van der Waals surface area contributed by atoms with Gasteiger partial charge in [0, 0.05) is 13.1 Å². The van der Waals surface area contributed by atoms with Crippen LogP contribution >= 0.6 is 11.6 Å². The van der Waals surface area contributed by atoms with Crippen LogP contribution in [0.1, 0.15) is 26.3 Å². The van der Waals surface area contributed by atoms with Crippen molar-refractivity contribution in [1.29, 1.82) is 5.26 Å². The molecule has 0 spiro atoms. The summed E-state index contributed by atoms with van der Waals surface area (Å²) in [6, 6.07) is 7.72. The van der Waals surface area contributed by atoms with Gasteiger partial charge in [-0.3, -0.25) is 0 Å². The minimum Gasteiger partial charge on any atom is -0.370 e. The second-order valence-corrected chi connectivity index (χ2v) is 5.54. The standard InChI is InChI=1S/C14H20ClN3/c1-4-18(10-14(2,3)9-17)13-7-5-6-12(15)11(13)8-16/h5-7H,4,9-10,17H2,1-3H3. The normalized spacial score (nSPS) is 11.1. The van der Waals surface area contributed by atoms with Crippen LogP contribution < -0.4 is 10.6 Å². The molecule has 0 saturated heterocycles. The van der Waals surface area contributed by atoms with Gasteiger partial charge in [-0.2, -0.15) is 5.26 Å². The van der Waals surface area contributed by atoms with Gasteiger partial charge in [-0.1, -0.05) is 31.5 Å². The molecule has 3 nitrogen and oxygen atoms in total. The fraction of sp³-hybridized carbons (Fsp3) is 0.500. The second-order valence-electron chi connectivity index (χ2n) is 5.13. The molecule has 1 rings (SSSR count). The minimum absolute atomic E-state index is 0.00501. The van der Waals surface area contributed by atoms with E-state index in [-0.39, 0.29) is 5.41 Å². The summed E-state index contributed by atoms with van der Waals surface area (Å²) in [5.41, 5.74) is 7.19. The maximum absolute atomic E-state index is 9.21. The smallest absolute Gasteiger partial charge is 0.103 e. The summed E-state index contributed by atoms with van der Waals surface area (Å²) < 4.78 is 0. The molecule has 0 fully saturated rings. The molecule has 0 heterocycles. The van der Waals surface area contributed by atoms with E-state index in [4.69, 9.17) is 17.3 Å². The Hall–Kier alpha value is -1.24. The molecule has 0 aliphatic heterocycles. The van der Waals surface area contributed by atoms with Gasteiger partial charge in [-0.25, -0.2) is 0 Å². The fourth-order valence-electron chi connectivity index (χ4n) is 1.84. The summed E-state index contributed by atoms with van der Waals surface area (Å²) >= 11 is 6.06. The summed E-state index contributed by atoms with van der Waals surface area (Å²) in [4.78, 5) is 2.15. The molecule has 4 heteroatoms. The number of nitrogens with two attached hydrogens (primary N) is 1. The molecule has 0 radical (unpaired) electrons. The number of hydrogen-bond donors (Lipinski definition) is 1. The van der Waals surface area contributed by atoms with Crippen molar-refractivity contribution >= 4 is 17.3 Å². The molecule has 0 atom stereocenters. The highest BCUT2D eigenvalue weighted by molar-refractivity contribution is 6.32. The van der Waals surface area contributed by atoms with E-state index < -0.39 is 0 Å². The van der Waals surface area contributed by atoms with Gasteiger partial charge in [0.1, 0.15) is 6.07 Å². The van der Waals surface area contributed by atoms with Crippen LogP contribution in [0.4, 0.5) is 5.69 Å². The van der Waals surface area contributed by atoms with Crippen LogP contribution in [0.2, 0.25) is 5.02 Å². The number of rotatable bonds is 5. The largest absolute Gasteiger partial charge is 0.370 e. The van der Waals surface area contributed by atoms with E-state index in [0.29, 0.717) is 17.1 Å². The van der Waals surface area contributed by atoms with E-state index in [0.717, 1.165) is 18.8 Å². The number of halogens is 1. The first-order valence-electron chi connectivity index (χ1n) is 6.09. The molecule has 98 valence electrons. The first-order valence-corrected chi connectivity index (χ1v) is 6.46.